The fourth-order valence-corrected chi connectivity index (χ4v) is 1.46. The first kappa shape index (κ1) is 9.21. The minimum atomic E-state index is 0.347. The van der Waals surface area contributed by atoms with Gasteiger partial charge in [-0.05, 0) is 6.92 Å². The Morgan fingerprint density at radius 2 is 2.29 bits per heavy atom. The molecule has 5 nitrogen and oxygen atoms in total. The molecule has 1 saturated heterocycles. The van der Waals surface area contributed by atoms with Crippen molar-refractivity contribution in [3.8, 4) is 0 Å². The average molecular weight is 194 g/mol. The van der Waals surface area contributed by atoms with Crippen LogP contribution in [0.25, 0.3) is 0 Å². The third-order valence-corrected chi connectivity index (χ3v) is 2.23. The summed E-state index contributed by atoms with van der Waals surface area (Å²) in [4.78, 5) is 10.3. The molecule has 1 aliphatic rings. The van der Waals surface area contributed by atoms with Crippen molar-refractivity contribution >= 4 is 11.6 Å². The van der Waals surface area contributed by atoms with Crippen molar-refractivity contribution in [2.75, 3.05) is 30.3 Å². The van der Waals surface area contributed by atoms with E-state index in [9.17, 15) is 0 Å². The Hall–Kier alpha value is -1.36. The number of nitrogens with two attached hydrogens (primary N) is 1. The van der Waals surface area contributed by atoms with Crippen molar-refractivity contribution in [3.05, 3.63) is 12.4 Å². The van der Waals surface area contributed by atoms with E-state index in [4.69, 9.17) is 10.5 Å². The maximum atomic E-state index is 5.44. The van der Waals surface area contributed by atoms with Crippen LogP contribution < -0.4 is 10.6 Å². The van der Waals surface area contributed by atoms with E-state index in [1.165, 1.54) is 0 Å². The maximum Gasteiger partial charge on any atom is 0.147 e. The summed E-state index contributed by atoms with van der Waals surface area (Å²) in [6.45, 7) is 4.57. The molecule has 1 aliphatic heterocycles. The van der Waals surface area contributed by atoms with Gasteiger partial charge in [-0.2, -0.15) is 0 Å². The van der Waals surface area contributed by atoms with Gasteiger partial charge >= 0.3 is 0 Å². The fraction of sp³-hybridized carbons (Fsp3) is 0.556. The zero-order valence-corrected chi connectivity index (χ0v) is 8.18. The molecule has 0 spiro atoms. The first-order valence-corrected chi connectivity index (χ1v) is 4.73. The number of anilines is 2. The van der Waals surface area contributed by atoms with Crippen molar-refractivity contribution in [1.82, 2.24) is 9.97 Å². The first-order chi connectivity index (χ1) is 6.79. The van der Waals surface area contributed by atoms with Crippen LogP contribution in [0.5, 0.6) is 0 Å². The summed E-state index contributed by atoms with van der Waals surface area (Å²) in [5, 5.41) is 0. The summed E-state index contributed by atoms with van der Waals surface area (Å²) in [6.07, 6.45) is 3.61. The molecule has 2 rings (SSSR count). The van der Waals surface area contributed by atoms with Crippen LogP contribution in [-0.4, -0.2) is 35.8 Å². The number of rotatable bonds is 3. The van der Waals surface area contributed by atoms with E-state index in [0.717, 1.165) is 25.5 Å². The number of nitrogens with zero attached hydrogens (tertiary/aromatic N) is 3. The minimum absolute atomic E-state index is 0.347. The summed E-state index contributed by atoms with van der Waals surface area (Å²) in [7, 11) is 0. The van der Waals surface area contributed by atoms with Crippen LogP contribution in [0.2, 0.25) is 0 Å². The summed E-state index contributed by atoms with van der Waals surface area (Å²) >= 11 is 0. The van der Waals surface area contributed by atoms with Gasteiger partial charge in [0.15, 0.2) is 0 Å². The van der Waals surface area contributed by atoms with E-state index in [2.05, 4.69) is 14.9 Å². The quantitative estimate of drug-likeness (QED) is 0.749. The van der Waals surface area contributed by atoms with Crippen molar-refractivity contribution in [2.24, 2.45) is 0 Å². The highest BCUT2D eigenvalue weighted by Gasteiger charge is 2.27. The fourth-order valence-electron chi connectivity index (χ4n) is 1.46. The molecular weight excluding hydrogens is 180 g/mol. The Morgan fingerprint density at radius 1 is 1.50 bits per heavy atom. The molecule has 1 aromatic rings. The summed E-state index contributed by atoms with van der Waals surface area (Å²) in [5.74, 6) is 1.32. The molecular formula is C9H14N4O. The third-order valence-electron chi connectivity index (χ3n) is 2.23. The maximum absolute atomic E-state index is 5.44. The molecule has 1 fully saturated rings. The Balaban J connectivity index is 1.90. The van der Waals surface area contributed by atoms with Gasteiger partial charge in [0.05, 0.1) is 18.5 Å². The van der Waals surface area contributed by atoms with Gasteiger partial charge < -0.3 is 15.4 Å². The number of ether oxygens (including phenoxy) is 1. The smallest absolute Gasteiger partial charge is 0.147 e. The van der Waals surface area contributed by atoms with E-state index in [0.29, 0.717) is 11.9 Å². The molecule has 1 aromatic heterocycles. The van der Waals surface area contributed by atoms with E-state index in [1.54, 1.807) is 12.4 Å². The summed E-state index contributed by atoms with van der Waals surface area (Å²) in [5.41, 5.74) is 5.44. The van der Waals surface area contributed by atoms with Gasteiger partial charge in [0.1, 0.15) is 11.6 Å². The second kappa shape index (κ2) is 3.79. The summed E-state index contributed by atoms with van der Waals surface area (Å²) in [6, 6.07) is 0. The predicted octanol–water partition coefficient (Wildman–Crippen LogP) is 0.284. The molecule has 0 aliphatic carbocycles. The Kier molecular flexibility index (Phi) is 2.49. The second-order valence-corrected chi connectivity index (χ2v) is 3.28. The van der Waals surface area contributed by atoms with Crippen molar-refractivity contribution in [3.63, 3.8) is 0 Å². The monoisotopic (exact) mass is 194 g/mol. The molecule has 0 radical (unpaired) electrons. The van der Waals surface area contributed by atoms with Gasteiger partial charge in [-0.15, -0.1) is 0 Å². The normalized spacial score (nSPS) is 16.8. The molecule has 0 amide bonds. The minimum Gasteiger partial charge on any atom is -0.382 e. The van der Waals surface area contributed by atoms with Gasteiger partial charge in [0, 0.05) is 19.7 Å². The topological polar surface area (TPSA) is 64.3 Å². The standard InChI is InChI=1S/C9H14N4O/c1-2-14-7-5-13(6-7)9-4-11-8(10)3-12-9/h3-4,7H,2,5-6H2,1H3,(H2,10,11). The molecule has 5 heteroatoms. The highest BCUT2D eigenvalue weighted by Crippen LogP contribution is 2.19. The molecule has 76 valence electrons. The molecule has 0 bridgehead atoms. The number of hydrogen-bond donors (Lipinski definition) is 1. The van der Waals surface area contributed by atoms with E-state index >= 15 is 0 Å². The van der Waals surface area contributed by atoms with Crippen LogP contribution in [0.3, 0.4) is 0 Å². The SMILES string of the molecule is CCOC1CN(c2cnc(N)cn2)C1. The van der Waals surface area contributed by atoms with E-state index < -0.39 is 0 Å². The number of nitrogen functional groups attached to an aromatic ring is 1. The lowest BCUT2D eigenvalue weighted by Gasteiger charge is -2.39. The zero-order chi connectivity index (χ0) is 9.97. The molecule has 0 aromatic carbocycles. The molecule has 0 unspecified atom stereocenters. The highest BCUT2D eigenvalue weighted by atomic mass is 16.5. The Bertz CT molecular complexity index is 294. The average Bonchev–Trinajstić information content (AvgIpc) is 2.13. The van der Waals surface area contributed by atoms with Gasteiger partial charge in [0.2, 0.25) is 0 Å². The number of hydrogen-bond acceptors (Lipinski definition) is 5. The molecule has 2 heterocycles. The first-order valence-electron chi connectivity index (χ1n) is 4.73. The second-order valence-electron chi connectivity index (χ2n) is 3.28. The van der Waals surface area contributed by atoms with Gasteiger partial charge in [0.25, 0.3) is 0 Å². The van der Waals surface area contributed by atoms with Crippen LogP contribution in [0.15, 0.2) is 12.4 Å². The van der Waals surface area contributed by atoms with Gasteiger partial charge in [-0.25, -0.2) is 9.97 Å². The third kappa shape index (κ3) is 1.77. The van der Waals surface area contributed by atoms with Gasteiger partial charge in [-0.3, -0.25) is 0 Å². The molecule has 0 saturated carbocycles. The highest BCUT2D eigenvalue weighted by molar-refractivity contribution is 5.42. The summed E-state index contributed by atoms with van der Waals surface area (Å²) < 4.78 is 5.44. The molecule has 14 heavy (non-hydrogen) atoms. The number of aromatic nitrogens is 2. The largest absolute Gasteiger partial charge is 0.382 e. The van der Waals surface area contributed by atoms with Crippen LogP contribution in [-0.2, 0) is 4.74 Å². The van der Waals surface area contributed by atoms with Crippen LogP contribution >= 0.6 is 0 Å². The van der Waals surface area contributed by atoms with E-state index in [-0.39, 0.29) is 0 Å². The van der Waals surface area contributed by atoms with Crippen LogP contribution in [0.4, 0.5) is 11.6 Å². The van der Waals surface area contributed by atoms with Crippen molar-refractivity contribution in [1.29, 1.82) is 0 Å². The lowest BCUT2D eigenvalue weighted by atomic mass is 10.2. The van der Waals surface area contributed by atoms with E-state index in [1.807, 2.05) is 6.92 Å². The lowest BCUT2D eigenvalue weighted by Crippen LogP contribution is -2.52. The van der Waals surface area contributed by atoms with Crippen LogP contribution in [0.1, 0.15) is 6.92 Å². The predicted molar refractivity (Wildman–Crippen MR) is 54.1 cm³/mol. The Labute approximate surface area is 82.9 Å². The lowest BCUT2D eigenvalue weighted by molar-refractivity contribution is 0.0427. The Morgan fingerprint density at radius 3 is 2.86 bits per heavy atom. The zero-order valence-electron chi connectivity index (χ0n) is 8.18. The molecule has 2 N–H and O–H groups in total. The molecule has 0 atom stereocenters. The van der Waals surface area contributed by atoms with Crippen LogP contribution in [0, 0.1) is 0 Å². The van der Waals surface area contributed by atoms with Gasteiger partial charge in [-0.1, -0.05) is 0 Å². The van der Waals surface area contributed by atoms with Crippen molar-refractivity contribution in [2.45, 2.75) is 13.0 Å². The van der Waals surface area contributed by atoms with Crippen molar-refractivity contribution < 1.29 is 4.74 Å².